The molecule has 4 heteroatoms. The van der Waals surface area contributed by atoms with Gasteiger partial charge in [0.2, 0.25) is 0 Å². The Bertz CT molecular complexity index is 451. The van der Waals surface area contributed by atoms with Crippen LogP contribution in [0.15, 0.2) is 16.6 Å². The number of ketones is 1. The van der Waals surface area contributed by atoms with Crippen molar-refractivity contribution in [2.45, 2.75) is 19.3 Å². The number of aliphatic carboxylic acids is 1. The maximum absolute atomic E-state index is 11.4. The van der Waals surface area contributed by atoms with Crippen LogP contribution in [0.5, 0.6) is 0 Å². The van der Waals surface area contributed by atoms with Crippen molar-refractivity contribution >= 4 is 27.7 Å². The normalized spacial score (nSPS) is 13.7. The number of hydrogen-bond acceptors (Lipinski definition) is 2. The number of carbonyl (C=O) groups excluding carboxylic acids is 1. The Kier molecular flexibility index (Phi) is 2.61. The Balaban J connectivity index is 2.56. The van der Waals surface area contributed by atoms with Gasteiger partial charge in [0, 0.05) is 10.0 Å². The largest absolute Gasteiger partial charge is 0.475 e. The highest BCUT2D eigenvalue weighted by atomic mass is 79.9. The number of carbonyl (C=O) groups is 2. The molecule has 0 aliphatic heterocycles. The van der Waals surface area contributed by atoms with E-state index in [4.69, 9.17) is 5.11 Å². The first-order valence-electron chi connectivity index (χ1n) is 4.68. The minimum absolute atomic E-state index is 0.337. The van der Waals surface area contributed by atoms with Gasteiger partial charge in [-0.25, -0.2) is 4.79 Å². The molecule has 0 bridgehead atoms. The Morgan fingerprint density at radius 2 is 2.00 bits per heavy atom. The van der Waals surface area contributed by atoms with Crippen LogP contribution in [0.2, 0.25) is 0 Å². The maximum atomic E-state index is 11.4. The average Bonchev–Trinajstić information content (AvgIpc) is 2.62. The Hall–Kier alpha value is -1.16. The summed E-state index contributed by atoms with van der Waals surface area (Å²) < 4.78 is 0.771. The molecule has 78 valence electrons. The van der Waals surface area contributed by atoms with Crippen molar-refractivity contribution in [3.05, 3.63) is 33.3 Å². The van der Waals surface area contributed by atoms with Crippen molar-refractivity contribution in [2.24, 2.45) is 0 Å². The lowest BCUT2D eigenvalue weighted by atomic mass is 10.0. The molecule has 0 unspecified atom stereocenters. The molecule has 0 atom stereocenters. The third kappa shape index (κ3) is 1.81. The molecule has 0 spiro atoms. The van der Waals surface area contributed by atoms with Crippen LogP contribution in [-0.4, -0.2) is 16.9 Å². The fourth-order valence-electron chi connectivity index (χ4n) is 1.98. The number of halogens is 1. The second-order valence-corrected chi connectivity index (χ2v) is 4.49. The first-order valence-corrected chi connectivity index (χ1v) is 5.48. The molecule has 0 saturated carbocycles. The molecule has 15 heavy (non-hydrogen) atoms. The summed E-state index contributed by atoms with van der Waals surface area (Å²) in [6, 6.07) is 3.56. The van der Waals surface area contributed by atoms with Crippen molar-refractivity contribution in [1.82, 2.24) is 0 Å². The molecule has 3 nitrogen and oxygen atoms in total. The highest BCUT2D eigenvalue weighted by Gasteiger charge is 2.23. The van der Waals surface area contributed by atoms with Crippen LogP contribution in [0.4, 0.5) is 0 Å². The molecular weight excluding hydrogens is 260 g/mol. The fourth-order valence-corrected chi connectivity index (χ4v) is 2.49. The number of Topliss-reactive ketones (excluding diaryl/α,β-unsaturated/α-hetero) is 1. The fraction of sp³-hybridized carbons (Fsp3) is 0.273. The third-order valence-electron chi connectivity index (χ3n) is 2.62. The maximum Gasteiger partial charge on any atom is 0.377 e. The van der Waals surface area contributed by atoms with Crippen LogP contribution in [0.1, 0.15) is 27.9 Å². The zero-order chi connectivity index (χ0) is 11.0. The number of fused-ring (bicyclic) bond motifs is 1. The average molecular weight is 269 g/mol. The van der Waals surface area contributed by atoms with Crippen LogP contribution in [0.3, 0.4) is 0 Å². The van der Waals surface area contributed by atoms with E-state index >= 15 is 0 Å². The zero-order valence-corrected chi connectivity index (χ0v) is 9.50. The zero-order valence-electron chi connectivity index (χ0n) is 7.92. The summed E-state index contributed by atoms with van der Waals surface area (Å²) in [5, 5.41) is 8.69. The smallest absolute Gasteiger partial charge is 0.377 e. The van der Waals surface area contributed by atoms with E-state index in [9.17, 15) is 9.59 Å². The van der Waals surface area contributed by atoms with E-state index in [1.807, 2.05) is 6.07 Å². The lowest BCUT2D eigenvalue weighted by molar-refractivity contribution is -0.131. The number of carboxylic acid groups (broad SMARTS) is 1. The molecule has 1 aromatic carbocycles. The summed E-state index contributed by atoms with van der Waals surface area (Å²) in [6.45, 7) is 0. The van der Waals surface area contributed by atoms with Gasteiger partial charge in [-0.15, -0.1) is 0 Å². The summed E-state index contributed by atoms with van der Waals surface area (Å²) in [5.41, 5.74) is 2.34. The van der Waals surface area contributed by atoms with Crippen molar-refractivity contribution in [1.29, 1.82) is 0 Å². The van der Waals surface area contributed by atoms with Crippen molar-refractivity contribution < 1.29 is 14.7 Å². The van der Waals surface area contributed by atoms with Crippen molar-refractivity contribution in [3.8, 4) is 0 Å². The van der Waals surface area contributed by atoms with Crippen LogP contribution >= 0.6 is 15.9 Å². The molecule has 0 aromatic heterocycles. The van der Waals surface area contributed by atoms with Gasteiger partial charge in [-0.3, -0.25) is 4.79 Å². The number of aryl methyl sites for hydroxylation is 1. The Morgan fingerprint density at radius 3 is 2.67 bits per heavy atom. The number of rotatable bonds is 2. The quantitative estimate of drug-likeness (QED) is 0.661. The topological polar surface area (TPSA) is 54.4 Å². The molecule has 1 aromatic rings. The highest BCUT2D eigenvalue weighted by Crippen LogP contribution is 2.29. The van der Waals surface area contributed by atoms with Crippen LogP contribution < -0.4 is 0 Å². The number of benzene rings is 1. The molecule has 0 fully saturated rings. The van der Waals surface area contributed by atoms with E-state index in [2.05, 4.69) is 15.9 Å². The highest BCUT2D eigenvalue weighted by molar-refractivity contribution is 9.10. The Labute approximate surface area is 95.2 Å². The summed E-state index contributed by atoms with van der Waals surface area (Å²) >= 11 is 3.29. The van der Waals surface area contributed by atoms with Crippen LogP contribution in [-0.2, 0) is 17.6 Å². The summed E-state index contributed by atoms with van der Waals surface area (Å²) in [7, 11) is 0. The van der Waals surface area contributed by atoms with E-state index < -0.39 is 11.8 Å². The number of carboxylic acids is 1. The Morgan fingerprint density at radius 1 is 1.27 bits per heavy atom. The second kappa shape index (κ2) is 3.77. The van der Waals surface area contributed by atoms with Gasteiger partial charge < -0.3 is 5.11 Å². The first kappa shape index (κ1) is 10.4. The van der Waals surface area contributed by atoms with E-state index in [1.165, 1.54) is 0 Å². The third-order valence-corrected chi connectivity index (χ3v) is 3.08. The van der Waals surface area contributed by atoms with Gasteiger partial charge in [0.1, 0.15) is 0 Å². The molecule has 0 amide bonds. The van der Waals surface area contributed by atoms with Crippen molar-refractivity contribution in [2.75, 3.05) is 0 Å². The molecule has 0 radical (unpaired) electrons. The molecule has 1 N–H and O–H groups in total. The van der Waals surface area contributed by atoms with Gasteiger partial charge in [0.05, 0.1) is 0 Å². The lowest BCUT2D eigenvalue weighted by Gasteiger charge is -2.06. The van der Waals surface area contributed by atoms with Gasteiger partial charge >= 0.3 is 5.97 Å². The molecular formula is C11H9BrO3. The first-order chi connectivity index (χ1) is 7.09. The second-order valence-electron chi connectivity index (χ2n) is 3.58. The van der Waals surface area contributed by atoms with E-state index in [0.29, 0.717) is 5.56 Å². The number of hydrogen-bond donors (Lipinski definition) is 1. The van der Waals surface area contributed by atoms with Crippen LogP contribution in [0.25, 0.3) is 0 Å². The van der Waals surface area contributed by atoms with Gasteiger partial charge in [0.25, 0.3) is 5.78 Å². The van der Waals surface area contributed by atoms with Gasteiger partial charge in [0.15, 0.2) is 0 Å². The lowest BCUT2D eigenvalue weighted by Crippen LogP contribution is -2.15. The molecule has 0 heterocycles. The molecule has 1 aliphatic carbocycles. The molecule has 2 rings (SSSR count). The molecule has 1 aliphatic rings. The van der Waals surface area contributed by atoms with Gasteiger partial charge in [-0.2, -0.15) is 0 Å². The van der Waals surface area contributed by atoms with E-state index in [1.54, 1.807) is 6.07 Å². The standard InChI is InChI=1S/C11H9BrO3/c12-7-4-6-2-1-3-8(6)9(5-7)10(13)11(14)15/h4-5H,1-3H2,(H,14,15). The van der Waals surface area contributed by atoms with Gasteiger partial charge in [-0.1, -0.05) is 15.9 Å². The van der Waals surface area contributed by atoms with Gasteiger partial charge in [-0.05, 0) is 42.5 Å². The predicted octanol–water partition coefficient (Wildman–Crippen LogP) is 2.21. The molecule has 0 saturated heterocycles. The van der Waals surface area contributed by atoms with E-state index in [-0.39, 0.29) is 0 Å². The minimum atomic E-state index is -1.39. The van der Waals surface area contributed by atoms with Crippen LogP contribution in [0, 0.1) is 0 Å². The minimum Gasteiger partial charge on any atom is -0.475 e. The van der Waals surface area contributed by atoms with E-state index in [0.717, 1.165) is 34.9 Å². The predicted molar refractivity (Wildman–Crippen MR) is 58.1 cm³/mol. The SMILES string of the molecule is O=C(O)C(=O)c1cc(Br)cc2c1CCC2. The van der Waals surface area contributed by atoms with Crippen molar-refractivity contribution in [3.63, 3.8) is 0 Å². The summed E-state index contributed by atoms with van der Waals surface area (Å²) in [5.74, 6) is -2.20. The summed E-state index contributed by atoms with van der Waals surface area (Å²) in [6.07, 6.45) is 2.72. The summed E-state index contributed by atoms with van der Waals surface area (Å²) in [4.78, 5) is 22.1. The monoisotopic (exact) mass is 268 g/mol.